The van der Waals surface area contributed by atoms with Crippen LogP contribution in [0.2, 0.25) is 0 Å². The highest BCUT2D eigenvalue weighted by Crippen LogP contribution is 2.34. The van der Waals surface area contributed by atoms with Crippen LogP contribution in [0.4, 0.5) is 20.9 Å². The molecule has 0 aliphatic carbocycles. The van der Waals surface area contributed by atoms with Crippen LogP contribution >= 0.6 is 23.7 Å². The van der Waals surface area contributed by atoms with Crippen molar-refractivity contribution in [2.45, 2.75) is 0 Å². The number of halogens is 2. The van der Waals surface area contributed by atoms with E-state index >= 15 is 0 Å². The summed E-state index contributed by atoms with van der Waals surface area (Å²) in [4.78, 5) is 15.9. The van der Waals surface area contributed by atoms with Crippen LogP contribution in [-0.2, 0) is 4.79 Å². The highest BCUT2D eigenvalue weighted by atomic mass is 35.5. The lowest BCUT2D eigenvalue weighted by Crippen LogP contribution is -2.25. The number of amides is 1. The molecule has 25 heavy (non-hydrogen) atoms. The number of fused-ring (bicyclic) bond motifs is 1. The second-order valence-corrected chi connectivity index (χ2v) is 6.08. The highest BCUT2D eigenvalue weighted by molar-refractivity contribution is 7.14. The maximum atomic E-state index is 12.9. The smallest absolute Gasteiger partial charge is 0.262 e. The predicted molar refractivity (Wildman–Crippen MR) is 98.6 cm³/mol. The molecule has 0 spiro atoms. The minimum absolute atomic E-state index is 0. The minimum Gasteiger partial charge on any atom is -0.482 e. The molecule has 0 atom stereocenters. The molecule has 2 N–H and O–H groups in total. The Balaban J connectivity index is 0.00000182. The van der Waals surface area contributed by atoms with Crippen LogP contribution in [0.5, 0.6) is 5.75 Å². The van der Waals surface area contributed by atoms with Crippen molar-refractivity contribution >= 4 is 46.2 Å². The van der Waals surface area contributed by atoms with Crippen molar-refractivity contribution < 1.29 is 13.9 Å². The van der Waals surface area contributed by atoms with Gasteiger partial charge in [-0.1, -0.05) is 0 Å². The van der Waals surface area contributed by atoms with Crippen LogP contribution in [-0.4, -0.2) is 17.5 Å². The van der Waals surface area contributed by atoms with E-state index in [9.17, 15) is 9.18 Å². The fourth-order valence-corrected chi connectivity index (χ4v) is 3.10. The molecule has 0 unspecified atom stereocenters. The van der Waals surface area contributed by atoms with Gasteiger partial charge in [-0.2, -0.15) is 0 Å². The molecule has 0 saturated heterocycles. The molecule has 5 nitrogen and oxygen atoms in total. The van der Waals surface area contributed by atoms with Crippen molar-refractivity contribution in [1.29, 1.82) is 0 Å². The summed E-state index contributed by atoms with van der Waals surface area (Å²) in [5.74, 6) is 0.202. The third kappa shape index (κ3) is 3.72. The summed E-state index contributed by atoms with van der Waals surface area (Å²) in [6, 6.07) is 11.6. The molecular formula is C17H13ClFN3O2S. The molecule has 1 amide bonds. The molecule has 1 aliphatic rings. The van der Waals surface area contributed by atoms with E-state index in [4.69, 9.17) is 4.74 Å². The summed E-state index contributed by atoms with van der Waals surface area (Å²) in [6.45, 7) is 0.0365. The number of nitrogens with zero attached hydrogens (tertiary/aromatic N) is 1. The van der Waals surface area contributed by atoms with Gasteiger partial charge in [-0.25, -0.2) is 9.37 Å². The van der Waals surface area contributed by atoms with Gasteiger partial charge in [-0.15, -0.1) is 23.7 Å². The Morgan fingerprint density at radius 2 is 2.00 bits per heavy atom. The number of ether oxygens (including phenoxy) is 1. The van der Waals surface area contributed by atoms with Gasteiger partial charge in [0.05, 0.1) is 11.4 Å². The topological polar surface area (TPSA) is 63.2 Å². The molecule has 3 aromatic rings. The van der Waals surface area contributed by atoms with E-state index < -0.39 is 0 Å². The van der Waals surface area contributed by atoms with Gasteiger partial charge in [0.2, 0.25) is 0 Å². The lowest BCUT2D eigenvalue weighted by atomic mass is 10.1. The number of carbonyl (C=O) groups excluding carboxylic acids is 1. The Morgan fingerprint density at radius 3 is 2.80 bits per heavy atom. The normalized spacial score (nSPS) is 12.4. The van der Waals surface area contributed by atoms with Crippen LogP contribution in [0.1, 0.15) is 0 Å². The lowest BCUT2D eigenvalue weighted by Gasteiger charge is -2.18. The Kier molecular flexibility index (Phi) is 4.87. The fourth-order valence-electron chi connectivity index (χ4n) is 2.36. The highest BCUT2D eigenvalue weighted by Gasteiger charge is 2.17. The van der Waals surface area contributed by atoms with Crippen LogP contribution in [0.3, 0.4) is 0 Å². The number of rotatable bonds is 3. The molecule has 1 aromatic heterocycles. The predicted octanol–water partition coefficient (Wildman–Crippen LogP) is 4.45. The van der Waals surface area contributed by atoms with Crippen molar-refractivity contribution in [3.63, 3.8) is 0 Å². The summed E-state index contributed by atoms with van der Waals surface area (Å²) in [7, 11) is 0. The van der Waals surface area contributed by atoms with Gasteiger partial charge in [0, 0.05) is 16.6 Å². The first-order chi connectivity index (χ1) is 11.7. The fraction of sp³-hybridized carbons (Fsp3) is 0.0588. The monoisotopic (exact) mass is 377 g/mol. The molecule has 1 aliphatic heterocycles. The summed E-state index contributed by atoms with van der Waals surface area (Å²) < 4.78 is 18.3. The maximum Gasteiger partial charge on any atom is 0.262 e. The molecule has 4 rings (SSSR count). The van der Waals surface area contributed by atoms with Gasteiger partial charge >= 0.3 is 0 Å². The van der Waals surface area contributed by atoms with Crippen molar-refractivity contribution in [2.24, 2.45) is 0 Å². The molecular weight excluding hydrogens is 365 g/mol. The zero-order valence-electron chi connectivity index (χ0n) is 12.8. The van der Waals surface area contributed by atoms with E-state index in [0.29, 0.717) is 16.6 Å². The molecule has 128 valence electrons. The molecule has 2 heterocycles. The first-order valence-corrected chi connectivity index (χ1v) is 8.10. The van der Waals surface area contributed by atoms with Crippen LogP contribution in [0, 0.1) is 5.82 Å². The number of hydrogen-bond donors (Lipinski definition) is 2. The zero-order chi connectivity index (χ0) is 16.5. The average molecular weight is 378 g/mol. The summed E-state index contributed by atoms with van der Waals surface area (Å²) >= 11 is 1.45. The van der Waals surface area contributed by atoms with Crippen molar-refractivity contribution in [3.05, 3.63) is 53.7 Å². The van der Waals surface area contributed by atoms with Gasteiger partial charge in [-0.3, -0.25) is 4.79 Å². The maximum absolute atomic E-state index is 12.9. The number of anilines is 3. The summed E-state index contributed by atoms with van der Waals surface area (Å²) in [5.41, 5.74) is 3.07. The second-order valence-electron chi connectivity index (χ2n) is 5.22. The Bertz CT molecular complexity index is 915. The quantitative estimate of drug-likeness (QED) is 0.708. The summed E-state index contributed by atoms with van der Waals surface area (Å²) in [5, 5.41) is 8.54. The number of hydrogen-bond acceptors (Lipinski definition) is 5. The van der Waals surface area contributed by atoms with Crippen molar-refractivity contribution in [3.8, 4) is 17.0 Å². The molecule has 0 bridgehead atoms. The number of carbonyl (C=O) groups is 1. The van der Waals surface area contributed by atoms with E-state index in [2.05, 4.69) is 15.6 Å². The third-order valence-electron chi connectivity index (χ3n) is 3.51. The van der Waals surface area contributed by atoms with Crippen LogP contribution < -0.4 is 15.4 Å². The number of benzene rings is 2. The lowest BCUT2D eigenvalue weighted by molar-refractivity contribution is -0.118. The zero-order valence-corrected chi connectivity index (χ0v) is 14.4. The molecule has 0 radical (unpaired) electrons. The van der Waals surface area contributed by atoms with Crippen molar-refractivity contribution in [1.82, 2.24) is 4.98 Å². The van der Waals surface area contributed by atoms with Crippen molar-refractivity contribution in [2.75, 3.05) is 17.2 Å². The number of nitrogens with one attached hydrogen (secondary N) is 2. The first-order valence-electron chi connectivity index (χ1n) is 7.22. The first kappa shape index (κ1) is 17.2. The van der Waals surface area contributed by atoms with E-state index in [1.807, 2.05) is 23.6 Å². The second kappa shape index (κ2) is 7.08. The van der Waals surface area contributed by atoms with Gasteiger partial charge < -0.3 is 15.4 Å². The van der Waals surface area contributed by atoms with E-state index in [0.717, 1.165) is 16.9 Å². The van der Waals surface area contributed by atoms with Gasteiger partial charge in [0.25, 0.3) is 5.91 Å². The molecule has 0 saturated carbocycles. The number of thiazole rings is 1. The van der Waals surface area contributed by atoms with Crippen LogP contribution in [0.25, 0.3) is 11.3 Å². The largest absolute Gasteiger partial charge is 0.482 e. The van der Waals surface area contributed by atoms with Gasteiger partial charge in [-0.05, 0) is 42.5 Å². The minimum atomic E-state index is -0.279. The third-order valence-corrected chi connectivity index (χ3v) is 4.27. The SMILES string of the molecule is Cl.O=C1COc2ccc(-c3csc(Nc4ccc(F)cc4)n3)cc2N1. The number of aromatic nitrogens is 1. The summed E-state index contributed by atoms with van der Waals surface area (Å²) in [6.07, 6.45) is 0. The Morgan fingerprint density at radius 1 is 1.20 bits per heavy atom. The van der Waals surface area contributed by atoms with E-state index in [1.54, 1.807) is 12.1 Å². The molecule has 2 aromatic carbocycles. The Hall–Kier alpha value is -2.64. The van der Waals surface area contributed by atoms with Gasteiger partial charge in [0.1, 0.15) is 11.6 Å². The van der Waals surface area contributed by atoms with Gasteiger partial charge in [0.15, 0.2) is 11.7 Å². The van der Waals surface area contributed by atoms with E-state index in [-0.39, 0.29) is 30.7 Å². The van der Waals surface area contributed by atoms with E-state index in [1.165, 1.54) is 23.5 Å². The average Bonchev–Trinajstić information content (AvgIpc) is 3.05. The van der Waals surface area contributed by atoms with Crippen LogP contribution in [0.15, 0.2) is 47.8 Å². The Labute approximate surface area is 153 Å². The standard InChI is InChI=1S/C17H12FN3O2S.ClH/c18-11-2-4-12(5-3-11)19-17-21-14(9-24-17)10-1-6-15-13(7-10)20-16(22)8-23-15;/h1-7,9H,8H2,(H,19,21)(H,20,22);1H. The molecule has 8 heteroatoms. The molecule has 0 fully saturated rings.